The highest BCUT2D eigenvalue weighted by Crippen LogP contribution is 2.55. The summed E-state index contributed by atoms with van der Waals surface area (Å²) >= 11 is 6.20. The Labute approximate surface area is 182 Å². The quantitative estimate of drug-likeness (QED) is 0.750. The van der Waals surface area contributed by atoms with Crippen LogP contribution in [0.2, 0.25) is 5.02 Å². The van der Waals surface area contributed by atoms with Gasteiger partial charge in [0, 0.05) is 23.4 Å². The van der Waals surface area contributed by atoms with Gasteiger partial charge in [0.25, 0.3) is 0 Å². The minimum Gasteiger partial charge on any atom is -0.332 e. The number of ketones is 1. The molecule has 30 heavy (non-hydrogen) atoms. The molecule has 1 heterocycles. The number of Topliss-reactive ketones (excluding diaryl/α,β-unsaturated/α-hetero) is 1. The lowest BCUT2D eigenvalue weighted by atomic mass is 9.53. The van der Waals surface area contributed by atoms with Crippen LogP contribution in [0.25, 0.3) is 0 Å². The van der Waals surface area contributed by atoms with E-state index in [2.05, 4.69) is 5.32 Å². The third-order valence-electron chi connectivity index (χ3n) is 7.81. The molecule has 6 heteroatoms. The molecule has 0 radical (unpaired) electrons. The summed E-state index contributed by atoms with van der Waals surface area (Å²) in [5, 5.41) is 3.90. The summed E-state index contributed by atoms with van der Waals surface area (Å²) in [6.07, 6.45) is 8.44. The number of hydrogen-bond acceptors (Lipinski definition) is 3. The second-order valence-corrected chi connectivity index (χ2v) is 10.4. The molecule has 5 aliphatic rings. The molecule has 0 aromatic heterocycles. The van der Waals surface area contributed by atoms with Crippen LogP contribution in [0, 0.1) is 17.8 Å². The molecule has 4 aliphatic carbocycles. The van der Waals surface area contributed by atoms with Gasteiger partial charge < -0.3 is 5.32 Å². The highest BCUT2D eigenvalue weighted by atomic mass is 35.5. The zero-order valence-electron chi connectivity index (χ0n) is 17.2. The first-order valence-electron chi connectivity index (χ1n) is 11.3. The van der Waals surface area contributed by atoms with Gasteiger partial charge in [0.05, 0.1) is 0 Å². The van der Waals surface area contributed by atoms with E-state index in [9.17, 15) is 14.4 Å². The minimum absolute atomic E-state index is 0.0542. The van der Waals surface area contributed by atoms with Gasteiger partial charge >= 0.3 is 6.03 Å². The number of carbonyl (C=O) groups is 3. The molecule has 1 aliphatic heterocycles. The molecule has 1 saturated heterocycles. The van der Waals surface area contributed by atoms with Gasteiger partial charge in [-0.05, 0) is 80.8 Å². The number of carbonyl (C=O) groups excluding carboxylic acids is 3. The molecular weight excluding hydrogens is 400 g/mol. The Morgan fingerprint density at radius 3 is 2.33 bits per heavy atom. The Morgan fingerprint density at radius 2 is 1.70 bits per heavy atom. The van der Waals surface area contributed by atoms with Crippen molar-refractivity contribution in [2.24, 2.45) is 17.8 Å². The van der Waals surface area contributed by atoms with Gasteiger partial charge in [-0.25, -0.2) is 4.79 Å². The molecule has 5 fully saturated rings. The number of halogens is 1. The minimum atomic E-state index is -0.645. The average molecular weight is 429 g/mol. The first kappa shape index (κ1) is 20.0. The number of amides is 3. The fourth-order valence-electron chi connectivity index (χ4n) is 6.92. The third-order valence-corrected chi connectivity index (χ3v) is 8.18. The number of nitrogens with one attached hydrogen (secondary N) is 1. The molecule has 1 N–H and O–H groups in total. The molecule has 6 rings (SSSR count). The highest BCUT2D eigenvalue weighted by molar-refractivity contribution is 6.31. The molecule has 4 saturated carbocycles. The SMILES string of the molecule is O=C(CCc1ccccc1Cl)[C@@H]1CCC(=O)N1C(=O)NC12CC3CC(CC(C3)C1)C2. The topological polar surface area (TPSA) is 66.5 Å². The number of nitrogens with zero attached hydrogens (tertiary/aromatic N) is 1. The van der Waals surface area contributed by atoms with Crippen molar-refractivity contribution in [2.45, 2.75) is 75.8 Å². The molecule has 3 amide bonds. The second kappa shape index (κ2) is 7.67. The van der Waals surface area contributed by atoms with Crippen LogP contribution in [0.5, 0.6) is 0 Å². The largest absolute Gasteiger partial charge is 0.332 e. The summed E-state index contributed by atoms with van der Waals surface area (Å²) in [4.78, 5) is 39.9. The fourth-order valence-corrected chi connectivity index (χ4v) is 7.15. The first-order valence-corrected chi connectivity index (χ1v) is 11.7. The maximum atomic E-state index is 13.2. The van der Waals surface area contributed by atoms with Crippen LogP contribution in [0.1, 0.15) is 63.4 Å². The fraction of sp³-hybridized carbons (Fsp3) is 0.625. The number of aryl methyl sites for hydroxylation is 1. The smallest absolute Gasteiger partial charge is 0.325 e. The summed E-state index contributed by atoms with van der Waals surface area (Å²) in [7, 11) is 0. The van der Waals surface area contributed by atoms with E-state index in [1.54, 1.807) is 0 Å². The van der Waals surface area contributed by atoms with E-state index < -0.39 is 6.04 Å². The van der Waals surface area contributed by atoms with Crippen molar-refractivity contribution in [2.75, 3.05) is 0 Å². The van der Waals surface area contributed by atoms with E-state index in [4.69, 9.17) is 11.6 Å². The molecule has 4 bridgehead atoms. The van der Waals surface area contributed by atoms with Crippen molar-refractivity contribution in [1.82, 2.24) is 10.2 Å². The molecule has 1 aromatic carbocycles. The molecular formula is C24H29ClN2O3. The van der Waals surface area contributed by atoms with Crippen molar-refractivity contribution in [1.29, 1.82) is 0 Å². The molecule has 1 atom stereocenters. The Balaban J connectivity index is 1.26. The average Bonchev–Trinajstić information content (AvgIpc) is 3.07. The molecule has 160 valence electrons. The standard InChI is InChI=1S/C24H29ClN2O3/c25-19-4-2-1-3-18(19)5-7-21(28)20-6-8-22(29)27(20)23(30)26-24-12-15-9-16(13-24)11-17(10-15)14-24/h1-4,15-17,20H,5-14H2,(H,26,30)/t15?,16?,17?,20-,24?/m0/s1. The van der Waals surface area contributed by atoms with E-state index in [1.807, 2.05) is 24.3 Å². The summed E-state index contributed by atoms with van der Waals surface area (Å²) in [5.74, 6) is 1.84. The number of likely N-dealkylation sites (tertiary alicyclic amines) is 1. The van der Waals surface area contributed by atoms with Crippen molar-refractivity contribution >= 4 is 29.3 Å². The van der Waals surface area contributed by atoms with Crippen molar-refractivity contribution in [3.8, 4) is 0 Å². The Hall–Kier alpha value is -1.88. The van der Waals surface area contributed by atoms with E-state index in [0.717, 1.165) is 24.8 Å². The van der Waals surface area contributed by atoms with Gasteiger partial charge in [-0.15, -0.1) is 0 Å². The highest BCUT2D eigenvalue weighted by Gasteiger charge is 2.52. The molecule has 1 aromatic rings. The van der Waals surface area contributed by atoms with Crippen LogP contribution in [0.4, 0.5) is 4.79 Å². The zero-order valence-corrected chi connectivity index (χ0v) is 18.0. The summed E-state index contributed by atoms with van der Waals surface area (Å²) in [5.41, 5.74) is 0.751. The maximum absolute atomic E-state index is 13.2. The number of benzene rings is 1. The third kappa shape index (κ3) is 3.66. The van der Waals surface area contributed by atoms with E-state index in [-0.39, 0.29) is 36.1 Å². The zero-order chi connectivity index (χ0) is 20.9. The van der Waals surface area contributed by atoms with E-state index >= 15 is 0 Å². The lowest BCUT2D eigenvalue weighted by Crippen LogP contribution is -2.63. The summed E-state index contributed by atoms with van der Waals surface area (Å²) in [6, 6.07) is 6.48. The van der Waals surface area contributed by atoms with Crippen LogP contribution in [0.15, 0.2) is 24.3 Å². The Kier molecular flexibility index (Phi) is 5.12. The summed E-state index contributed by atoms with van der Waals surface area (Å²) in [6.45, 7) is 0. The van der Waals surface area contributed by atoms with Crippen molar-refractivity contribution in [3.05, 3.63) is 34.9 Å². The van der Waals surface area contributed by atoms with Crippen molar-refractivity contribution in [3.63, 3.8) is 0 Å². The molecule has 5 nitrogen and oxygen atoms in total. The normalized spacial score (nSPS) is 34.4. The van der Waals surface area contributed by atoms with Gasteiger partial charge in [-0.2, -0.15) is 0 Å². The first-order chi connectivity index (χ1) is 14.4. The van der Waals surface area contributed by atoms with E-state index in [1.165, 1.54) is 24.2 Å². The van der Waals surface area contributed by atoms with Crippen LogP contribution in [0.3, 0.4) is 0 Å². The predicted molar refractivity (Wildman–Crippen MR) is 114 cm³/mol. The lowest BCUT2D eigenvalue weighted by Gasteiger charge is -2.57. The number of imide groups is 1. The van der Waals surface area contributed by atoms with Gasteiger partial charge in [0.1, 0.15) is 6.04 Å². The van der Waals surface area contributed by atoms with Gasteiger partial charge in [0.15, 0.2) is 5.78 Å². The van der Waals surface area contributed by atoms with Crippen LogP contribution in [-0.2, 0) is 16.0 Å². The number of rotatable bonds is 5. The van der Waals surface area contributed by atoms with E-state index in [0.29, 0.717) is 35.6 Å². The Bertz CT molecular complexity index is 848. The van der Waals surface area contributed by atoms with Gasteiger partial charge in [0.2, 0.25) is 5.91 Å². The number of hydrogen-bond donors (Lipinski definition) is 1. The van der Waals surface area contributed by atoms with Gasteiger partial charge in [-0.1, -0.05) is 29.8 Å². The molecule has 0 spiro atoms. The van der Waals surface area contributed by atoms with Crippen LogP contribution < -0.4 is 5.32 Å². The van der Waals surface area contributed by atoms with Crippen LogP contribution in [-0.4, -0.2) is 34.2 Å². The Morgan fingerprint density at radius 1 is 1.07 bits per heavy atom. The van der Waals surface area contributed by atoms with Gasteiger partial charge in [-0.3, -0.25) is 14.5 Å². The molecule has 0 unspecified atom stereocenters. The summed E-state index contributed by atoms with van der Waals surface area (Å²) < 4.78 is 0. The lowest BCUT2D eigenvalue weighted by molar-refractivity contribution is -0.131. The van der Waals surface area contributed by atoms with Crippen molar-refractivity contribution < 1.29 is 14.4 Å². The maximum Gasteiger partial charge on any atom is 0.325 e. The second-order valence-electron chi connectivity index (χ2n) is 10.0. The predicted octanol–water partition coefficient (Wildman–Crippen LogP) is 4.51. The van der Waals surface area contributed by atoms with Crippen LogP contribution >= 0.6 is 11.6 Å². The monoisotopic (exact) mass is 428 g/mol. The number of urea groups is 1.